The molecule has 0 amide bonds. The molecule has 0 aliphatic heterocycles. The number of nitrogens with one attached hydrogen (secondary N) is 1. The first kappa shape index (κ1) is 13.9. The minimum absolute atomic E-state index is 0.00549. The van der Waals surface area contributed by atoms with Gasteiger partial charge in [0.25, 0.3) is 0 Å². The largest absolute Gasteiger partial charge is 0.234 e. The molecular formula is C12H27N2. The van der Waals surface area contributed by atoms with E-state index in [9.17, 15) is 0 Å². The van der Waals surface area contributed by atoms with Crippen molar-refractivity contribution in [3.05, 3.63) is 0 Å². The van der Waals surface area contributed by atoms with Crippen LogP contribution in [0, 0.1) is 5.41 Å². The Morgan fingerprint density at radius 1 is 0.857 bits per heavy atom. The van der Waals surface area contributed by atoms with Crippen LogP contribution in [0.4, 0.5) is 0 Å². The zero-order chi connectivity index (χ0) is 11.6. The predicted molar refractivity (Wildman–Crippen MR) is 63.2 cm³/mol. The van der Waals surface area contributed by atoms with E-state index in [2.05, 4.69) is 66.2 Å². The van der Waals surface area contributed by atoms with Crippen LogP contribution in [0.25, 0.3) is 0 Å². The van der Waals surface area contributed by atoms with E-state index in [4.69, 9.17) is 0 Å². The average Bonchev–Trinajstić information content (AvgIpc) is 1.76. The Morgan fingerprint density at radius 2 is 1.29 bits per heavy atom. The molecule has 1 N–H and O–H groups in total. The standard InChI is InChI=1S/C12H27N2/c1-10(2,3)9-12(7,8)14-13-11(4,5)6/h13H,9H2,1-8H3. The van der Waals surface area contributed by atoms with E-state index >= 15 is 0 Å². The van der Waals surface area contributed by atoms with Crippen molar-refractivity contribution in [3.63, 3.8) is 0 Å². The Kier molecular flexibility index (Phi) is 4.17. The molecule has 0 aromatic carbocycles. The molecule has 0 aliphatic rings. The first-order valence-electron chi connectivity index (χ1n) is 5.40. The van der Waals surface area contributed by atoms with Crippen LogP contribution in [-0.2, 0) is 0 Å². The summed E-state index contributed by atoms with van der Waals surface area (Å²) in [7, 11) is 0. The predicted octanol–water partition coefficient (Wildman–Crippen LogP) is 3.11. The fourth-order valence-electron chi connectivity index (χ4n) is 1.66. The zero-order valence-electron chi connectivity index (χ0n) is 11.2. The van der Waals surface area contributed by atoms with E-state index < -0.39 is 0 Å². The van der Waals surface area contributed by atoms with Crippen LogP contribution in [-0.4, -0.2) is 11.1 Å². The summed E-state index contributed by atoms with van der Waals surface area (Å²) in [5.41, 5.74) is 8.17. The molecule has 2 heteroatoms. The summed E-state index contributed by atoms with van der Waals surface area (Å²) in [6.45, 7) is 17.5. The van der Waals surface area contributed by atoms with Gasteiger partial charge in [-0.2, -0.15) is 5.43 Å². The van der Waals surface area contributed by atoms with Gasteiger partial charge in [-0.15, -0.1) is 0 Å². The summed E-state index contributed by atoms with van der Waals surface area (Å²) >= 11 is 0. The number of hydrogen-bond acceptors (Lipinski definition) is 1. The molecule has 14 heavy (non-hydrogen) atoms. The molecule has 0 aliphatic carbocycles. The molecule has 0 unspecified atom stereocenters. The normalized spacial score (nSPS) is 14.6. The lowest BCUT2D eigenvalue weighted by molar-refractivity contribution is 0.185. The quantitative estimate of drug-likeness (QED) is 0.694. The van der Waals surface area contributed by atoms with Gasteiger partial charge in [-0.1, -0.05) is 20.8 Å². The summed E-state index contributed by atoms with van der Waals surface area (Å²) in [5.74, 6) is 0. The van der Waals surface area contributed by atoms with Crippen molar-refractivity contribution >= 4 is 0 Å². The highest BCUT2D eigenvalue weighted by atomic mass is 15.4. The second kappa shape index (κ2) is 4.19. The summed E-state index contributed by atoms with van der Waals surface area (Å²) in [5, 5.41) is 0. The molecule has 0 rings (SSSR count). The number of rotatable bonds is 3. The number of hydrogen-bond donors (Lipinski definition) is 1. The van der Waals surface area contributed by atoms with E-state index in [1.54, 1.807) is 0 Å². The highest BCUT2D eigenvalue weighted by Gasteiger charge is 2.27. The second-order valence-corrected chi connectivity index (χ2v) is 7.02. The zero-order valence-corrected chi connectivity index (χ0v) is 11.2. The summed E-state index contributed by atoms with van der Waals surface area (Å²) in [6.07, 6.45) is 1.09. The van der Waals surface area contributed by atoms with Gasteiger partial charge in [0, 0.05) is 11.1 Å². The monoisotopic (exact) mass is 199 g/mol. The second-order valence-electron chi connectivity index (χ2n) is 7.02. The fraction of sp³-hybridized carbons (Fsp3) is 1.00. The maximum absolute atomic E-state index is 4.56. The van der Waals surface area contributed by atoms with Crippen LogP contribution < -0.4 is 10.9 Å². The third-order valence-corrected chi connectivity index (χ3v) is 1.66. The molecule has 1 radical (unpaired) electrons. The van der Waals surface area contributed by atoms with E-state index in [1.807, 2.05) is 0 Å². The Morgan fingerprint density at radius 3 is 1.57 bits per heavy atom. The highest BCUT2D eigenvalue weighted by Crippen LogP contribution is 2.27. The van der Waals surface area contributed by atoms with Gasteiger partial charge in [-0.3, -0.25) is 0 Å². The van der Waals surface area contributed by atoms with Crippen LogP contribution in [0.3, 0.4) is 0 Å². The van der Waals surface area contributed by atoms with Crippen LogP contribution >= 0.6 is 0 Å². The molecule has 0 saturated carbocycles. The molecule has 0 spiro atoms. The SMILES string of the molecule is CC(C)(C)CC(C)(C)[N]NC(C)(C)C. The lowest BCUT2D eigenvalue weighted by Crippen LogP contribution is -2.51. The van der Waals surface area contributed by atoms with Crippen LogP contribution in [0.15, 0.2) is 0 Å². The molecule has 2 nitrogen and oxygen atoms in total. The van der Waals surface area contributed by atoms with Crippen LogP contribution in [0.5, 0.6) is 0 Å². The van der Waals surface area contributed by atoms with Gasteiger partial charge in [0.05, 0.1) is 0 Å². The van der Waals surface area contributed by atoms with Gasteiger partial charge in [0.2, 0.25) is 0 Å². The minimum atomic E-state index is 0.00549. The highest BCUT2D eigenvalue weighted by molar-refractivity contribution is 4.83. The summed E-state index contributed by atoms with van der Waals surface area (Å²) < 4.78 is 0. The molecule has 0 heterocycles. The van der Waals surface area contributed by atoms with Crippen molar-refractivity contribution in [2.75, 3.05) is 0 Å². The van der Waals surface area contributed by atoms with E-state index in [-0.39, 0.29) is 11.1 Å². The molecule has 0 aromatic rings. The Balaban J connectivity index is 4.09. The molecule has 0 bridgehead atoms. The molecule has 0 saturated heterocycles. The maximum atomic E-state index is 4.56. The third-order valence-electron chi connectivity index (χ3n) is 1.66. The smallest absolute Gasteiger partial charge is 0.0475 e. The van der Waals surface area contributed by atoms with Crippen molar-refractivity contribution in [1.29, 1.82) is 0 Å². The molecule has 0 atom stereocenters. The summed E-state index contributed by atoms with van der Waals surface area (Å²) in [4.78, 5) is 0. The first-order chi connectivity index (χ1) is 5.91. The molecule has 0 fully saturated rings. The molecular weight excluding hydrogens is 172 g/mol. The van der Waals surface area contributed by atoms with Crippen molar-refractivity contribution in [2.24, 2.45) is 5.41 Å². The van der Waals surface area contributed by atoms with Crippen LogP contribution in [0.2, 0.25) is 0 Å². The van der Waals surface area contributed by atoms with Gasteiger partial charge < -0.3 is 0 Å². The number of nitrogens with zero attached hydrogens (tertiary/aromatic N) is 1. The fourth-order valence-corrected chi connectivity index (χ4v) is 1.66. The van der Waals surface area contributed by atoms with Crippen molar-refractivity contribution in [3.8, 4) is 0 Å². The van der Waals surface area contributed by atoms with Crippen LogP contribution in [0.1, 0.15) is 61.8 Å². The van der Waals surface area contributed by atoms with Crippen molar-refractivity contribution in [1.82, 2.24) is 10.9 Å². The molecule has 0 aromatic heterocycles. The van der Waals surface area contributed by atoms with Gasteiger partial charge >= 0.3 is 0 Å². The maximum Gasteiger partial charge on any atom is 0.0475 e. The lowest BCUT2D eigenvalue weighted by Gasteiger charge is -2.34. The van der Waals surface area contributed by atoms with E-state index in [0.717, 1.165) is 6.42 Å². The first-order valence-corrected chi connectivity index (χ1v) is 5.40. The average molecular weight is 199 g/mol. The van der Waals surface area contributed by atoms with Crippen molar-refractivity contribution in [2.45, 2.75) is 72.9 Å². The van der Waals surface area contributed by atoms with Gasteiger partial charge in [-0.05, 0) is 46.5 Å². The van der Waals surface area contributed by atoms with Gasteiger partial charge in [0.1, 0.15) is 0 Å². The van der Waals surface area contributed by atoms with E-state index in [1.165, 1.54) is 0 Å². The summed E-state index contributed by atoms with van der Waals surface area (Å²) in [6, 6.07) is 0. The molecule has 85 valence electrons. The minimum Gasteiger partial charge on any atom is -0.234 e. The lowest BCUT2D eigenvalue weighted by atomic mass is 9.82. The Bertz CT molecular complexity index is 170. The third kappa shape index (κ3) is 8.52. The van der Waals surface area contributed by atoms with Gasteiger partial charge in [-0.25, -0.2) is 5.43 Å². The van der Waals surface area contributed by atoms with Gasteiger partial charge in [0.15, 0.2) is 0 Å². The van der Waals surface area contributed by atoms with Crippen molar-refractivity contribution < 1.29 is 0 Å². The Hall–Kier alpha value is -0.0800. The van der Waals surface area contributed by atoms with E-state index in [0.29, 0.717) is 5.41 Å². The Labute approximate surface area is 89.8 Å². The topological polar surface area (TPSA) is 26.1 Å².